The van der Waals surface area contributed by atoms with Crippen LogP contribution in [-0.2, 0) is 4.79 Å². The van der Waals surface area contributed by atoms with Gasteiger partial charge in [-0.1, -0.05) is 6.07 Å². The molecule has 1 amide bonds. The van der Waals surface area contributed by atoms with Crippen LogP contribution in [0, 0.1) is 5.82 Å². The Morgan fingerprint density at radius 2 is 1.87 bits per heavy atom. The number of hydrogen-bond donors (Lipinski definition) is 1. The summed E-state index contributed by atoms with van der Waals surface area (Å²) >= 11 is 1.18. The van der Waals surface area contributed by atoms with Crippen molar-refractivity contribution < 1.29 is 18.7 Å². The van der Waals surface area contributed by atoms with E-state index < -0.39 is 5.97 Å². The first-order chi connectivity index (χ1) is 11.0. The van der Waals surface area contributed by atoms with Crippen molar-refractivity contribution in [1.29, 1.82) is 0 Å². The Labute approximate surface area is 135 Å². The third-order valence-electron chi connectivity index (χ3n) is 3.09. The van der Waals surface area contributed by atoms with Gasteiger partial charge in [-0.3, -0.25) is 4.79 Å². The van der Waals surface area contributed by atoms with Crippen LogP contribution in [0.3, 0.4) is 0 Å². The van der Waals surface area contributed by atoms with E-state index in [1.165, 1.54) is 30.4 Å². The minimum atomic E-state index is -0.544. The van der Waals surface area contributed by atoms with Gasteiger partial charge in [-0.15, -0.1) is 11.3 Å². The molecule has 2 aromatic carbocycles. The topological polar surface area (TPSA) is 55.4 Å². The molecule has 0 aliphatic carbocycles. The fourth-order valence-corrected chi connectivity index (χ4v) is 3.04. The van der Waals surface area contributed by atoms with E-state index in [-0.39, 0.29) is 11.7 Å². The summed E-state index contributed by atoms with van der Waals surface area (Å²) in [5.41, 5.74) is 0.612. The molecule has 0 spiro atoms. The van der Waals surface area contributed by atoms with Crippen molar-refractivity contribution >= 4 is 39.0 Å². The number of nitrogens with one attached hydrogen (secondary N) is 1. The Balaban J connectivity index is 1.77. The van der Waals surface area contributed by atoms with E-state index in [0.29, 0.717) is 26.4 Å². The van der Waals surface area contributed by atoms with Crippen LogP contribution in [-0.4, -0.2) is 11.9 Å². The number of anilines is 1. The van der Waals surface area contributed by atoms with Crippen LogP contribution in [0.15, 0.2) is 48.5 Å². The van der Waals surface area contributed by atoms with Crippen molar-refractivity contribution in [2.75, 3.05) is 5.32 Å². The summed E-state index contributed by atoms with van der Waals surface area (Å²) in [6.45, 7) is 1.41. The molecule has 0 aliphatic heterocycles. The summed E-state index contributed by atoms with van der Waals surface area (Å²) in [6.07, 6.45) is 0. The van der Waals surface area contributed by atoms with Gasteiger partial charge in [0.05, 0.1) is 0 Å². The smallest absolute Gasteiger partial charge is 0.353 e. The second-order valence-corrected chi connectivity index (χ2v) is 5.94. The largest absolute Gasteiger partial charge is 0.422 e. The van der Waals surface area contributed by atoms with E-state index >= 15 is 0 Å². The second kappa shape index (κ2) is 6.18. The molecule has 0 aliphatic rings. The van der Waals surface area contributed by atoms with Gasteiger partial charge < -0.3 is 10.1 Å². The fourth-order valence-electron chi connectivity index (χ4n) is 2.09. The van der Waals surface area contributed by atoms with Crippen LogP contribution < -0.4 is 10.1 Å². The zero-order valence-electron chi connectivity index (χ0n) is 12.1. The van der Waals surface area contributed by atoms with Gasteiger partial charge in [0.1, 0.15) is 16.4 Å². The molecule has 1 aromatic heterocycles. The molecule has 1 heterocycles. The van der Waals surface area contributed by atoms with E-state index in [2.05, 4.69) is 5.32 Å². The van der Waals surface area contributed by atoms with Crippen molar-refractivity contribution in [3.05, 3.63) is 59.2 Å². The molecule has 3 rings (SSSR count). The van der Waals surface area contributed by atoms with Gasteiger partial charge in [0.2, 0.25) is 5.91 Å². The van der Waals surface area contributed by atoms with E-state index in [4.69, 9.17) is 4.74 Å². The van der Waals surface area contributed by atoms with Crippen molar-refractivity contribution in [3.63, 3.8) is 0 Å². The van der Waals surface area contributed by atoms with Gasteiger partial charge in [-0.2, -0.15) is 0 Å². The molecule has 0 atom stereocenters. The molecule has 6 heteroatoms. The summed E-state index contributed by atoms with van der Waals surface area (Å²) in [6, 6.07) is 12.6. The van der Waals surface area contributed by atoms with Crippen molar-refractivity contribution in [2.24, 2.45) is 0 Å². The standard InChI is InChI=1S/C17H12FNO3S/c1-10(20)19-11-5-7-12(8-6-11)22-17(21)16-9-13-14(18)3-2-4-15(13)23-16/h2-9H,1H3,(H,19,20). The first kappa shape index (κ1) is 15.2. The van der Waals surface area contributed by atoms with Crippen molar-refractivity contribution in [3.8, 4) is 5.75 Å². The molecular formula is C17H12FNO3S. The predicted octanol–water partition coefficient (Wildman–Crippen LogP) is 4.22. The maximum Gasteiger partial charge on any atom is 0.353 e. The van der Waals surface area contributed by atoms with Gasteiger partial charge >= 0.3 is 5.97 Å². The van der Waals surface area contributed by atoms with Gasteiger partial charge in [0.25, 0.3) is 0 Å². The molecule has 23 heavy (non-hydrogen) atoms. The zero-order valence-corrected chi connectivity index (χ0v) is 12.9. The fraction of sp³-hybridized carbons (Fsp3) is 0.0588. The molecule has 0 bridgehead atoms. The van der Waals surface area contributed by atoms with Crippen molar-refractivity contribution in [1.82, 2.24) is 0 Å². The Morgan fingerprint density at radius 1 is 1.13 bits per heavy atom. The maximum atomic E-state index is 13.7. The van der Waals surface area contributed by atoms with Gasteiger partial charge in [0, 0.05) is 22.7 Å². The van der Waals surface area contributed by atoms with Crippen LogP contribution in [0.4, 0.5) is 10.1 Å². The van der Waals surface area contributed by atoms with E-state index in [1.807, 2.05) is 0 Å². The Kier molecular flexibility index (Phi) is 4.08. The van der Waals surface area contributed by atoms with Crippen molar-refractivity contribution in [2.45, 2.75) is 6.92 Å². The highest BCUT2D eigenvalue weighted by Crippen LogP contribution is 2.28. The average molecular weight is 329 g/mol. The third-order valence-corrected chi connectivity index (χ3v) is 4.18. The summed E-state index contributed by atoms with van der Waals surface area (Å²) in [5, 5.41) is 3.03. The van der Waals surface area contributed by atoms with Gasteiger partial charge in [-0.25, -0.2) is 9.18 Å². The number of amides is 1. The number of thiophene rings is 1. The Bertz CT molecular complexity index is 886. The maximum absolute atomic E-state index is 13.7. The molecule has 116 valence electrons. The van der Waals surface area contributed by atoms with Gasteiger partial charge in [-0.05, 0) is 42.5 Å². The number of fused-ring (bicyclic) bond motifs is 1. The molecule has 4 nitrogen and oxygen atoms in total. The van der Waals surface area contributed by atoms with E-state index in [1.54, 1.807) is 36.4 Å². The number of hydrogen-bond acceptors (Lipinski definition) is 4. The normalized spacial score (nSPS) is 10.5. The highest BCUT2D eigenvalue weighted by Gasteiger charge is 2.14. The van der Waals surface area contributed by atoms with Crippen LogP contribution in [0.5, 0.6) is 5.75 Å². The second-order valence-electron chi connectivity index (χ2n) is 4.86. The predicted molar refractivity (Wildman–Crippen MR) is 87.5 cm³/mol. The number of carbonyl (C=O) groups excluding carboxylic acids is 2. The molecule has 3 aromatic rings. The third kappa shape index (κ3) is 3.37. The van der Waals surface area contributed by atoms with Crippen LogP contribution >= 0.6 is 11.3 Å². The van der Waals surface area contributed by atoms with Crippen LogP contribution in [0.2, 0.25) is 0 Å². The van der Waals surface area contributed by atoms with Crippen LogP contribution in [0.1, 0.15) is 16.6 Å². The first-order valence-electron chi connectivity index (χ1n) is 6.81. The number of halogens is 1. The zero-order chi connectivity index (χ0) is 16.4. The lowest BCUT2D eigenvalue weighted by atomic mass is 10.2. The molecule has 0 unspecified atom stereocenters. The number of rotatable bonds is 3. The van der Waals surface area contributed by atoms with E-state index in [9.17, 15) is 14.0 Å². The quantitative estimate of drug-likeness (QED) is 0.578. The van der Waals surface area contributed by atoms with Gasteiger partial charge in [0.15, 0.2) is 0 Å². The minimum absolute atomic E-state index is 0.179. The number of carbonyl (C=O) groups is 2. The molecule has 1 N–H and O–H groups in total. The summed E-state index contributed by atoms with van der Waals surface area (Å²) in [4.78, 5) is 23.4. The molecule has 0 saturated carbocycles. The SMILES string of the molecule is CC(=O)Nc1ccc(OC(=O)c2cc3c(F)cccc3s2)cc1. The minimum Gasteiger partial charge on any atom is -0.422 e. The lowest BCUT2D eigenvalue weighted by molar-refractivity contribution is -0.114. The molecule has 0 radical (unpaired) electrons. The number of benzene rings is 2. The summed E-state index contributed by atoms with van der Waals surface area (Å²) < 4.78 is 19.6. The average Bonchev–Trinajstić information content (AvgIpc) is 2.94. The highest BCUT2D eigenvalue weighted by atomic mass is 32.1. The lowest BCUT2D eigenvalue weighted by Gasteiger charge is -2.05. The Morgan fingerprint density at radius 3 is 2.52 bits per heavy atom. The van der Waals surface area contributed by atoms with E-state index in [0.717, 1.165) is 0 Å². The number of esters is 1. The lowest BCUT2D eigenvalue weighted by Crippen LogP contribution is -2.07. The van der Waals surface area contributed by atoms with Crippen LogP contribution in [0.25, 0.3) is 10.1 Å². The Hall–Kier alpha value is -2.73. The summed E-state index contributed by atoms with van der Waals surface area (Å²) in [5.74, 6) is -0.737. The molecular weight excluding hydrogens is 317 g/mol. The summed E-state index contributed by atoms with van der Waals surface area (Å²) in [7, 11) is 0. The molecule has 0 fully saturated rings. The monoisotopic (exact) mass is 329 g/mol. The molecule has 0 saturated heterocycles. The highest BCUT2D eigenvalue weighted by molar-refractivity contribution is 7.20. The number of ether oxygens (including phenoxy) is 1. The first-order valence-corrected chi connectivity index (χ1v) is 7.62.